The number of aromatic nitrogens is 4. The molecule has 0 bridgehead atoms. The lowest BCUT2D eigenvalue weighted by Gasteiger charge is -2.30. The molecule has 1 aliphatic rings. The zero-order valence-corrected chi connectivity index (χ0v) is 23.0. The Kier molecular flexibility index (Phi) is 6.44. The van der Waals surface area contributed by atoms with Crippen molar-refractivity contribution in [1.82, 2.24) is 24.2 Å². The van der Waals surface area contributed by atoms with Crippen molar-refractivity contribution in [3.05, 3.63) is 76.0 Å². The lowest BCUT2D eigenvalue weighted by atomic mass is 9.87. The third kappa shape index (κ3) is 4.80. The van der Waals surface area contributed by atoms with Gasteiger partial charge in [-0.25, -0.2) is 14.3 Å². The maximum Gasteiger partial charge on any atom is 0.276 e. The van der Waals surface area contributed by atoms with Crippen molar-refractivity contribution in [2.24, 2.45) is 0 Å². The molecule has 5 rings (SSSR count). The number of anilines is 2. The summed E-state index contributed by atoms with van der Waals surface area (Å²) in [5, 5.41) is 4.10. The first-order valence-electron chi connectivity index (χ1n) is 13.2. The lowest BCUT2D eigenvalue weighted by Crippen LogP contribution is -2.33. The Morgan fingerprint density at radius 2 is 1.84 bits per heavy atom. The van der Waals surface area contributed by atoms with Gasteiger partial charge in [0.2, 0.25) is 0 Å². The molecule has 0 radical (unpaired) electrons. The summed E-state index contributed by atoms with van der Waals surface area (Å²) in [7, 11) is 4.32. The van der Waals surface area contributed by atoms with Crippen molar-refractivity contribution >= 4 is 22.4 Å². The van der Waals surface area contributed by atoms with E-state index >= 15 is 0 Å². The van der Waals surface area contributed by atoms with E-state index in [0.29, 0.717) is 17.2 Å². The fourth-order valence-electron chi connectivity index (χ4n) is 5.28. The van der Waals surface area contributed by atoms with Crippen molar-refractivity contribution < 1.29 is 0 Å². The van der Waals surface area contributed by atoms with Gasteiger partial charge in [-0.1, -0.05) is 26.8 Å². The number of benzene rings is 1. The molecule has 0 spiro atoms. The number of likely N-dealkylation sites (N-methyl/N-ethyl adjacent to an activating group) is 1. The number of nitrogens with zero attached hydrogens (tertiary/aromatic N) is 5. The number of hydrogen-bond acceptors (Lipinski definition) is 5. The summed E-state index contributed by atoms with van der Waals surface area (Å²) in [6.07, 6.45) is 6.86. The van der Waals surface area contributed by atoms with Gasteiger partial charge in [-0.05, 0) is 82.6 Å². The van der Waals surface area contributed by atoms with Crippen LogP contribution < -0.4 is 10.9 Å². The second-order valence-electron chi connectivity index (χ2n) is 11.8. The van der Waals surface area contributed by atoms with Gasteiger partial charge in [0.15, 0.2) is 0 Å². The normalized spacial score (nSPS) is 16.0. The van der Waals surface area contributed by atoms with Crippen LogP contribution >= 0.6 is 0 Å². The fourth-order valence-corrected chi connectivity index (χ4v) is 5.28. The Morgan fingerprint density at radius 3 is 2.54 bits per heavy atom. The second kappa shape index (κ2) is 9.45. The number of rotatable bonds is 5. The van der Waals surface area contributed by atoms with Gasteiger partial charge in [-0.15, -0.1) is 0 Å². The number of nitrogens with one attached hydrogen (secondary N) is 1. The minimum absolute atomic E-state index is 0.0193. The van der Waals surface area contributed by atoms with Crippen molar-refractivity contribution in [2.45, 2.75) is 71.4 Å². The summed E-state index contributed by atoms with van der Waals surface area (Å²) in [6, 6.07) is 13.2. The Hall–Kier alpha value is -3.45. The lowest BCUT2D eigenvalue weighted by molar-refractivity contribution is 0.268. The van der Waals surface area contributed by atoms with E-state index in [-0.39, 0.29) is 17.0 Å². The highest BCUT2D eigenvalue weighted by Gasteiger charge is 2.22. The summed E-state index contributed by atoms with van der Waals surface area (Å²) in [5.74, 6) is 0.717. The van der Waals surface area contributed by atoms with E-state index in [1.54, 1.807) is 10.9 Å². The average Bonchev–Trinajstić information content (AvgIpc) is 3.15. The van der Waals surface area contributed by atoms with Gasteiger partial charge >= 0.3 is 0 Å². The topological polar surface area (TPSA) is 68.0 Å². The van der Waals surface area contributed by atoms with Gasteiger partial charge in [0.25, 0.3) is 5.56 Å². The van der Waals surface area contributed by atoms with Crippen molar-refractivity contribution in [3.8, 4) is 5.69 Å². The first kappa shape index (κ1) is 25.2. The Bertz CT molecular complexity index is 1510. The van der Waals surface area contributed by atoms with E-state index < -0.39 is 0 Å². The van der Waals surface area contributed by atoms with Gasteiger partial charge in [0.05, 0.1) is 16.6 Å². The van der Waals surface area contributed by atoms with Crippen LogP contribution in [-0.2, 0) is 18.3 Å². The van der Waals surface area contributed by atoms with Crippen LogP contribution in [0.3, 0.4) is 0 Å². The predicted molar refractivity (Wildman–Crippen MR) is 151 cm³/mol. The molecule has 0 amide bonds. The molecule has 7 nitrogen and oxygen atoms in total. The third-order valence-electron chi connectivity index (χ3n) is 7.42. The Balaban J connectivity index is 1.56. The van der Waals surface area contributed by atoms with Crippen molar-refractivity contribution in [1.29, 1.82) is 0 Å². The van der Waals surface area contributed by atoms with Crippen LogP contribution in [0.15, 0.2) is 53.6 Å². The molecule has 0 aliphatic heterocycles. The molecule has 0 saturated heterocycles. The molecular weight excluding hydrogens is 460 g/mol. The summed E-state index contributed by atoms with van der Waals surface area (Å²) in [5.41, 5.74) is 6.43. The fraction of sp³-hybridized carbons (Fsp3) is 0.433. The zero-order chi connectivity index (χ0) is 26.5. The maximum absolute atomic E-state index is 13.4. The van der Waals surface area contributed by atoms with E-state index in [9.17, 15) is 4.79 Å². The van der Waals surface area contributed by atoms with Gasteiger partial charge in [0, 0.05) is 47.3 Å². The highest BCUT2D eigenvalue weighted by Crippen LogP contribution is 2.29. The molecule has 1 aliphatic carbocycles. The summed E-state index contributed by atoms with van der Waals surface area (Å²) in [6.45, 7) is 10.5. The van der Waals surface area contributed by atoms with Gasteiger partial charge in [0.1, 0.15) is 5.82 Å². The van der Waals surface area contributed by atoms with Crippen LogP contribution in [0.1, 0.15) is 63.9 Å². The standard InChI is InChI=1S/C30H38N6O/c1-19(2)35-29(37)25-18-32-28(17-26(25)36(35)24-12-13-31-27(16-24)30(3,4)5)33-22-10-8-21-15-23(34(6)7)11-9-20(21)14-22/h8,10,12-14,16-19,23H,9,11,15H2,1-7H3,(H,32,33). The molecular formula is C30H38N6O. The molecule has 4 aromatic rings. The van der Waals surface area contributed by atoms with Crippen LogP contribution in [0.2, 0.25) is 0 Å². The smallest absolute Gasteiger partial charge is 0.276 e. The highest BCUT2D eigenvalue weighted by atomic mass is 16.1. The Labute approximate surface area is 219 Å². The first-order valence-corrected chi connectivity index (χ1v) is 13.2. The number of hydrogen-bond donors (Lipinski definition) is 1. The molecule has 1 atom stereocenters. The van der Waals surface area contributed by atoms with Crippen molar-refractivity contribution in [3.63, 3.8) is 0 Å². The quantitative estimate of drug-likeness (QED) is 0.387. The molecule has 1 aromatic carbocycles. The predicted octanol–water partition coefficient (Wildman–Crippen LogP) is 5.62. The van der Waals surface area contributed by atoms with E-state index in [1.807, 2.05) is 36.9 Å². The summed E-state index contributed by atoms with van der Waals surface area (Å²) < 4.78 is 3.82. The molecule has 7 heteroatoms. The molecule has 0 fully saturated rings. The van der Waals surface area contributed by atoms with Crippen LogP contribution in [-0.4, -0.2) is 44.4 Å². The molecule has 37 heavy (non-hydrogen) atoms. The maximum atomic E-state index is 13.4. The number of pyridine rings is 2. The minimum Gasteiger partial charge on any atom is -0.340 e. The minimum atomic E-state index is -0.102. The van der Waals surface area contributed by atoms with Crippen LogP contribution in [0.4, 0.5) is 11.5 Å². The van der Waals surface area contributed by atoms with E-state index in [4.69, 9.17) is 0 Å². The third-order valence-corrected chi connectivity index (χ3v) is 7.42. The molecule has 1 unspecified atom stereocenters. The molecule has 3 aromatic heterocycles. The molecule has 3 heterocycles. The summed E-state index contributed by atoms with van der Waals surface area (Å²) >= 11 is 0. The van der Waals surface area contributed by atoms with Crippen LogP contribution in [0.5, 0.6) is 0 Å². The Morgan fingerprint density at radius 1 is 1.05 bits per heavy atom. The van der Waals surface area contributed by atoms with Crippen molar-refractivity contribution in [2.75, 3.05) is 19.4 Å². The van der Waals surface area contributed by atoms with E-state index in [0.717, 1.165) is 35.4 Å². The number of aryl methyl sites for hydroxylation is 1. The van der Waals surface area contributed by atoms with Crippen LogP contribution in [0.25, 0.3) is 16.6 Å². The SMILES string of the molecule is CC(C)n1c(=O)c2cnc(Nc3ccc4c(c3)CCC(N(C)C)C4)cc2n1-c1ccnc(C(C)(C)C)c1. The average molecular weight is 499 g/mol. The van der Waals surface area contributed by atoms with E-state index in [1.165, 1.54) is 17.5 Å². The number of fused-ring (bicyclic) bond motifs is 2. The second-order valence-corrected chi connectivity index (χ2v) is 11.8. The van der Waals surface area contributed by atoms with Gasteiger partial charge < -0.3 is 10.2 Å². The van der Waals surface area contributed by atoms with Gasteiger partial charge in [-0.3, -0.25) is 9.78 Å². The van der Waals surface area contributed by atoms with Crippen LogP contribution in [0, 0.1) is 0 Å². The van der Waals surface area contributed by atoms with E-state index in [2.05, 4.69) is 79.3 Å². The highest BCUT2D eigenvalue weighted by molar-refractivity contribution is 5.83. The molecule has 0 saturated carbocycles. The molecule has 1 N–H and O–H groups in total. The largest absolute Gasteiger partial charge is 0.340 e. The monoisotopic (exact) mass is 498 g/mol. The zero-order valence-electron chi connectivity index (χ0n) is 23.0. The van der Waals surface area contributed by atoms with Gasteiger partial charge in [-0.2, -0.15) is 0 Å². The first-order chi connectivity index (χ1) is 17.5. The summed E-state index contributed by atoms with van der Waals surface area (Å²) in [4.78, 5) is 24.9. The molecule has 194 valence electrons.